The number of nitriles is 1. The molecule has 1 amide bonds. The summed E-state index contributed by atoms with van der Waals surface area (Å²) in [4.78, 5) is 12.5. The molecule has 0 saturated carbocycles. The Morgan fingerprint density at radius 1 is 1.31 bits per heavy atom. The molecule has 0 aliphatic rings. The average Bonchev–Trinajstić information content (AvgIpc) is 2.63. The van der Waals surface area contributed by atoms with Crippen molar-refractivity contribution in [2.45, 2.75) is 26.7 Å². The molecular formula is C21H21BrN2O2. The van der Waals surface area contributed by atoms with Gasteiger partial charge in [-0.05, 0) is 49.2 Å². The maximum Gasteiger partial charge on any atom is 0.266 e. The molecule has 0 saturated heterocycles. The number of carbonyl (C=O) groups is 1. The van der Waals surface area contributed by atoms with Crippen molar-refractivity contribution in [1.29, 1.82) is 5.26 Å². The van der Waals surface area contributed by atoms with Gasteiger partial charge in [0.2, 0.25) is 0 Å². The van der Waals surface area contributed by atoms with Crippen LogP contribution in [0.4, 0.5) is 5.69 Å². The summed E-state index contributed by atoms with van der Waals surface area (Å²) in [5.41, 5.74) is 2.33. The molecule has 0 unspecified atom stereocenters. The van der Waals surface area contributed by atoms with Crippen LogP contribution in [-0.2, 0) is 4.79 Å². The number of nitrogens with zero attached hydrogens (tertiary/aromatic N) is 1. The van der Waals surface area contributed by atoms with Crippen molar-refractivity contribution in [3.8, 4) is 11.8 Å². The second-order valence-electron chi connectivity index (χ2n) is 5.82. The summed E-state index contributed by atoms with van der Waals surface area (Å²) in [5, 5.41) is 12.2. The Morgan fingerprint density at radius 3 is 2.77 bits per heavy atom. The highest BCUT2D eigenvalue weighted by atomic mass is 79.9. The second-order valence-corrected chi connectivity index (χ2v) is 6.74. The molecule has 0 radical (unpaired) electrons. The van der Waals surface area contributed by atoms with E-state index >= 15 is 0 Å². The minimum atomic E-state index is -0.443. The van der Waals surface area contributed by atoms with Gasteiger partial charge in [0.05, 0.1) is 6.61 Å². The van der Waals surface area contributed by atoms with Crippen LogP contribution >= 0.6 is 15.9 Å². The molecule has 2 aromatic rings. The number of ether oxygens (including phenoxy) is 1. The summed E-state index contributed by atoms with van der Waals surface area (Å²) in [5.74, 6) is 0.208. The molecule has 5 heteroatoms. The third-order valence-electron chi connectivity index (χ3n) is 3.79. The monoisotopic (exact) mass is 412 g/mol. The van der Waals surface area contributed by atoms with Crippen molar-refractivity contribution in [2.24, 2.45) is 0 Å². The Bertz CT molecular complexity index is 853. The molecule has 0 spiro atoms. The maximum atomic E-state index is 12.5. The van der Waals surface area contributed by atoms with Crippen molar-refractivity contribution >= 4 is 33.6 Å². The zero-order chi connectivity index (χ0) is 18.9. The van der Waals surface area contributed by atoms with E-state index in [-0.39, 0.29) is 5.57 Å². The number of rotatable bonds is 7. The summed E-state index contributed by atoms with van der Waals surface area (Å²) < 4.78 is 6.64. The highest BCUT2D eigenvalue weighted by molar-refractivity contribution is 9.10. The van der Waals surface area contributed by atoms with E-state index in [1.165, 1.54) is 0 Å². The van der Waals surface area contributed by atoms with Gasteiger partial charge in [-0.2, -0.15) is 5.26 Å². The Labute approximate surface area is 162 Å². The van der Waals surface area contributed by atoms with Crippen molar-refractivity contribution in [3.05, 3.63) is 63.6 Å². The van der Waals surface area contributed by atoms with Gasteiger partial charge in [-0.25, -0.2) is 0 Å². The number of benzene rings is 2. The maximum absolute atomic E-state index is 12.5. The molecule has 2 aromatic carbocycles. The fourth-order valence-electron chi connectivity index (χ4n) is 2.30. The predicted molar refractivity (Wildman–Crippen MR) is 108 cm³/mol. The van der Waals surface area contributed by atoms with Crippen LogP contribution in [0.25, 0.3) is 6.08 Å². The first-order chi connectivity index (χ1) is 12.5. The lowest BCUT2D eigenvalue weighted by Gasteiger charge is -2.10. The minimum Gasteiger partial charge on any atom is -0.493 e. The van der Waals surface area contributed by atoms with E-state index in [2.05, 4.69) is 28.2 Å². The normalized spacial score (nSPS) is 10.9. The number of aryl methyl sites for hydroxylation is 1. The first-order valence-electron chi connectivity index (χ1n) is 8.46. The molecule has 0 aromatic heterocycles. The molecule has 0 bridgehead atoms. The Kier molecular flexibility index (Phi) is 7.43. The van der Waals surface area contributed by atoms with Crippen LogP contribution in [0.1, 0.15) is 30.9 Å². The van der Waals surface area contributed by atoms with Gasteiger partial charge in [0.15, 0.2) is 0 Å². The van der Waals surface area contributed by atoms with Crippen LogP contribution in [-0.4, -0.2) is 12.5 Å². The van der Waals surface area contributed by atoms with Crippen molar-refractivity contribution in [3.63, 3.8) is 0 Å². The largest absolute Gasteiger partial charge is 0.493 e. The number of anilines is 1. The number of halogens is 1. The van der Waals surface area contributed by atoms with Crippen molar-refractivity contribution < 1.29 is 9.53 Å². The van der Waals surface area contributed by atoms with Crippen LogP contribution < -0.4 is 10.1 Å². The predicted octanol–water partition coefficient (Wildman–Crippen LogP) is 5.48. The van der Waals surface area contributed by atoms with Crippen molar-refractivity contribution in [1.82, 2.24) is 0 Å². The van der Waals surface area contributed by atoms with Crippen LogP contribution in [0.5, 0.6) is 5.75 Å². The fourth-order valence-corrected chi connectivity index (χ4v) is 2.68. The van der Waals surface area contributed by atoms with E-state index in [9.17, 15) is 10.1 Å². The zero-order valence-corrected chi connectivity index (χ0v) is 16.5. The van der Waals surface area contributed by atoms with Crippen LogP contribution in [0.2, 0.25) is 0 Å². The van der Waals surface area contributed by atoms with E-state index in [0.717, 1.165) is 22.9 Å². The van der Waals surface area contributed by atoms with Gasteiger partial charge in [-0.3, -0.25) is 4.79 Å². The topological polar surface area (TPSA) is 62.1 Å². The lowest BCUT2D eigenvalue weighted by molar-refractivity contribution is -0.112. The highest BCUT2D eigenvalue weighted by Gasteiger charge is 2.12. The lowest BCUT2D eigenvalue weighted by Crippen LogP contribution is -2.14. The van der Waals surface area contributed by atoms with Gasteiger partial charge in [-0.1, -0.05) is 47.5 Å². The highest BCUT2D eigenvalue weighted by Crippen LogP contribution is 2.26. The van der Waals surface area contributed by atoms with E-state index in [1.807, 2.05) is 49.4 Å². The Hall–Kier alpha value is -2.58. The molecule has 0 aliphatic heterocycles. The van der Waals surface area contributed by atoms with E-state index in [0.29, 0.717) is 23.6 Å². The van der Waals surface area contributed by atoms with Gasteiger partial charge in [0.25, 0.3) is 5.91 Å². The molecule has 134 valence electrons. The smallest absolute Gasteiger partial charge is 0.266 e. The molecule has 0 aliphatic carbocycles. The molecule has 0 atom stereocenters. The number of unbranched alkanes of at least 4 members (excludes halogenated alkanes) is 1. The third kappa shape index (κ3) is 5.47. The Balaban J connectivity index is 2.27. The van der Waals surface area contributed by atoms with Gasteiger partial charge in [-0.15, -0.1) is 0 Å². The summed E-state index contributed by atoms with van der Waals surface area (Å²) in [6, 6.07) is 15.0. The first-order valence-corrected chi connectivity index (χ1v) is 9.25. The van der Waals surface area contributed by atoms with E-state index in [1.54, 1.807) is 12.1 Å². The number of amides is 1. The number of para-hydroxylation sites is 1. The summed E-state index contributed by atoms with van der Waals surface area (Å²) in [6.07, 6.45) is 3.53. The SMILES string of the molecule is CCCCOc1ccc(Br)cc1/C=C(\C#N)C(=O)Nc1ccccc1C. The standard InChI is InChI=1S/C21H21BrN2O2/c1-3-4-11-26-20-10-9-18(22)13-16(20)12-17(14-23)21(25)24-19-8-6-5-7-15(19)2/h5-10,12-13H,3-4,11H2,1-2H3,(H,24,25)/b17-12+. The van der Waals surface area contributed by atoms with E-state index in [4.69, 9.17) is 4.74 Å². The fraction of sp³-hybridized carbons (Fsp3) is 0.238. The minimum absolute atomic E-state index is 0.0201. The van der Waals surface area contributed by atoms with Gasteiger partial charge in [0.1, 0.15) is 17.4 Å². The van der Waals surface area contributed by atoms with Crippen LogP contribution in [0, 0.1) is 18.3 Å². The number of hydrogen-bond acceptors (Lipinski definition) is 3. The van der Waals surface area contributed by atoms with E-state index < -0.39 is 5.91 Å². The Morgan fingerprint density at radius 2 is 2.08 bits per heavy atom. The molecule has 4 nitrogen and oxygen atoms in total. The first kappa shape index (κ1) is 19.7. The zero-order valence-electron chi connectivity index (χ0n) is 14.9. The number of hydrogen-bond donors (Lipinski definition) is 1. The number of nitrogens with one attached hydrogen (secondary N) is 1. The molecular weight excluding hydrogens is 392 g/mol. The average molecular weight is 413 g/mol. The van der Waals surface area contributed by atoms with Crippen molar-refractivity contribution in [2.75, 3.05) is 11.9 Å². The second kappa shape index (κ2) is 9.79. The molecule has 0 fully saturated rings. The molecule has 0 heterocycles. The molecule has 2 rings (SSSR count). The van der Waals surface area contributed by atoms with Gasteiger partial charge >= 0.3 is 0 Å². The number of carbonyl (C=O) groups excluding carboxylic acids is 1. The summed E-state index contributed by atoms with van der Waals surface area (Å²) in [6.45, 7) is 4.59. The van der Waals surface area contributed by atoms with Gasteiger partial charge in [0, 0.05) is 15.7 Å². The van der Waals surface area contributed by atoms with Crippen LogP contribution in [0.15, 0.2) is 52.5 Å². The molecule has 1 N–H and O–H groups in total. The van der Waals surface area contributed by atoms with Crippen LogP contribution in [0.3, 0.4) is 0 Å². The van der Waals surface area contributed by atoms with Gasteiger partial charge < -0.3 is 10.1 Å². The quantitative estimate of drug-likeness (QED) is 0.371. The lowest BCUT2D eigenvalue weighted by atomic mass is 10.1. The molecule has 26 heavy (non-hydrogen) atoms. The summed E-state index contributed by atoms with van der Waals surface area (Å²) in [7, 11) is 0. The third-order valence-corrected chi connectivity index (χ3v) is 4.28. The summed E-state index contributed by atoms with van der Waals surface area (Å²) >= 11 is 3.42.